The topological polar surface area (TPSA) is 12.0 Å². The van der Waals surface area contributed by atoms with Crippen molar-refractivity contribution in [3.63, 3.8) is 0 Å². The van der Waals surface area contributed by atoms with Crippen molar-refractivity contribution in [1.82, 2.24) is 5.32 Å². The maximum absolute atomic E-state index is 3.97. The molecule has 122 valence electrons. The summed E-state index contributed by atoms with van der Waals surface area (Å²) in [5.74, 6) is 5.36. The lowest BCUT2D eigenvalue weighted by atomic mass is 9.50. The molecule has 21 heavy (non-hydrogen) atoms. The van der Waals surface area contributed by atoms with E-state index in [9.17, 15) is 0 Å². The van der Waals surface area contributed by atoms with Gasteiger partial charge in [-0.05, 0) is 92.9 Å². The molecule has 1 heteroatoms. The van der Waals surface area contributed by atoms with Gasteiger partial charge in [0.1, 0.15) is 0 Å². The Morgan fingerprint density at radius 2 is 1.52 bits per heavy atom. The van der Waals surface area contributed by atoms with E-state index < -0.39 is 0 Å². The van der Waals surface area contributed by atoms with Crippen molar-refractivity contribution in [1.29, 1.82) is 0 Å². The zero-order valence-electron chi connectivity index (χ0n) is 14.8. The third-order valence-electron chi connectivity index (χ3n) is 6.63. The van der Waals surface area contributed by atoms with Crippen LogP contribution in [0, 0.1) is 35.0 Å². The van der Waals surface area contributed by atoms with E-state index in [4.69, 9.17) is 0 Å². The fourth-order valence-electron chi connectivity index (χ4n) is 5.97. The van der Waals surface area contributed by atoms with E-state index in [1.165, 1.54) is 25.8 Å². The van der Waals surface area contributed by atoms with E-state index in [1.807, 2.05) is 0 Å². The maximum atomic E-state index is 3.97. The molecule has 0 aliphatic heterocycles. The van der Waals surface area contributed by atoms with Gasteiger partial charge in [-0.15, -0.1) is 0 Å². The monoisotopic (exact) mass is 291 g/mol. The van der Waals surface area contributed by atoms with Crippen molar-refractivity contribution < 1.29 is 0 Å². The molecule has 0 radical (unpaired) electrons. The van der Waals surface area contributed by atoms with Crippen LogP contribution in [0.2, 0.25) is 0 Å². The highest BCUT2D eigenvalue weighted by atomic mass is 14.9. The van der Waals surface area contributed by atoms with Crippen molar-refractivity contribution in [2.45, 2.75) is 85.1 Å². The first-order chi connectivity index (χ1) is 9.96. The van der Waals surface area contributed by atoms with Gasteiger partial charge >= 0.3 is 0 Å². The van der Waals surface area contributed by atoms with Gasteiger partial charge in [-0.3, -0.25) is 0 Å². The zero-order valence-corrected chi connectivity index (χ0v) is 14.8. The van der Waals surface area contributed by atoms with E-state index >= 15 is 0 Å². The van der Waals surface area contributed by atoms with Crippen LogP contribution < -0.4 is 5.32 Å². The smallest absolute Gasteiger partial charge is 0.0101 e. The third-order valence-corrected chi connectivity index (χ3v) is 6.63. The fraction of sp³-hybridized carbons (Fsp3) is 1.00. The number of hydrogen-bond acceptors (Lipinski definition) is 1. The molecule has 4 saturated carbocycles. The molecule has 4 aliphatic rings. The highest BCUT2D eigenvalue weighted by molar-refractivity contribution is 5.01. The van der Waals surface area contributed by atoms with Gasteiger partial charge in [-0.1, -0.05) is 27.7 Å². The lowest BCUT2D eigenvalue weighted by Gasteiger charge is -2.56. The highest BCUT2D eigenvalue weighted by Gasteiger charge is 2.50. The Hall–Kier alpha value is -0.0400. The first-order valence-electron chi connectivity index (χ1n) is 9.69. The van der Waals surface area contributed by atoms with Crippen LogP contribution >= 0.6 is 0 Å². The minimum Gasteiger partial charge on any atom is -0.314 e. The van der Waals surface area contributed by atoms with Crippen LogP contribution in [-0.4, -0.2) is 12.6 Å². The SMILES string of the molecule is CCCNC(CCC(C)(C)C)C1C2CC3CC(C2)CC1C3. The van der Waals surface area contributed by atoms with Gasteiger partial charge in [0.15, 0.2) is 0 Å². The molecule has 0 aromatic heterocycles. The highest BCUT2D eigenvalue weighted by Crippen LogP contribution is 2.57. The van der Waals surface area contributed by atoms with E-state index in [-0.39, 0.29) is 0 Å². The second-order valence-corrected chi connectivity index (χ2v) is 9.67. The first-order valence-corrected chi connectivity index (χ1v) is 9.69. The summed E-state index contributed by atoms with van der Waals surface area (Å²) in [6, 6.07) is 0.805. The summed E-state index contributed by atoms with van der Waals surface area (Å²) < 4.78 is 0. The van der Waals surface area contributed by atoms with Gasteiger partial charge in [0.05, 0.1) is 0 Å². The summed E-state index contributed by atoms with van der Waals surface area (Å²) in [7, 11) is 0. The minimum atomic E-state index is 0.484. The second kappa shape index (κ2) is 6.22. The van der Waals surface area contributed by atoms with Crippen LogP contribution in [0.4, 0.5) is 0 Å². The summed E-state index contributed by atoms with van der Waals surface area (Å²) in [6.45, 7) is 10.7. The summed E-state index contributed by atoms with van der Waals surface area (Å²) in [6.07, 6.45) is 11.9. The van der Waals surface area contributed by atoms with E-state index in [2.05, 4.69) is 33.0 Å². The zero-order chi connectivity index (χ0) is 15.0. The van der Waals surface area contributed by atoms with Crippen molar-refractivity contribution in [2.24, 2.45) is 35.0 Å². The van der Waals surface area contributed by atoms with Crippen LogP contribution in [0.3, 0.4) is 0 Å². The summed E-state index contributed by atoms with van der Waals surface area (Å²) >= 11 is 0. The van der Waals surface area contributed by atoms with Crippen molar-refractivity contribution in [2.75, 3.05) is 6.54 Å². The van der Waals surface area contributed by atoms with Gasteiger partial charge in [-0.25, -0.2) is 0 Å². The molecule has 1 unspecified atom stereocenters. The van der Waals surface area contributed by atoms with E-state index in [0.29, 0.717) is 5.41 Å². The van der Waals surface area contributed by atoms with E-state index in [0.717, 1.165) is 35.6 Å². The molecule has 1 N–H and O–H groups in total. The van der Waals surface area contributed by atoms with Crippen LogP contribution in [-0.2, 0) is 0 Å². The molecule has 0 amide bonds. The van der Waals surface area contributed by atoms with Gasteiger partial charge in [0.2, 0.25) is 0 Å². The summed E-state index contributed by atoms with van der Waals surface area (Å²) in [5, 5.41) is 3.97. The lowest BCUT2D eigenvalue weighted by Crippen LogP contribution is -2.53. The van der Waals surface area contributed by atoms with Gasteiger partial charge in [0, 0.05) is 6.04 Å². The van der Waals surface area contributed by atoms with Crippen LogP contribution in [0.15, 0.2) is 0 Å². The Balaban J connectivity index is 1.67. The lowest BCUT2D eigenvalue weighted by molar-refractivity contribution is -0.0540. The van der Waals surface area contributed by atoms with Crippen LogP contribution in [0.1, 0.15) is 79.1 Å². The quantitative estimate of drug-likeness (QED) is 0.704. The average Bonchev–Trinajstić information content (AvgIpc) is 2.38. The Labute approximate surface area is 132 Å². The Morgan fingerprint density at radius 3 is 2.00 bits per heavy atom. The minimum absolute atomic E-state index is 0.484. The molecule has 0 heterocycles. The predicted octanol–water partition coefficient (Wildman–Crippen LogP) is 5.25. The molecule has 0 aromatic carbocycles. The molecular weight excluding hydrogens is 254 g/mol. The largest absolute Gasteiger partial charge is 0.314 e. The summed E-state index contributed by atoms with van der Waals surface area (Å²) in [4.78, 5) is 0. The van der Waals surface area contributed by atoms with Crippen molar-refractivity contribution >= 4 is 0 Å². The Kier molecular flexibility index (Phi) is 4.69. The molecule has 1 atom stereocenters. The molecular formula is C20H37N. The van der Waals surface area contributed by atoms with Crippen LogP contribution in [0.5, 0.6) is 0 Å². The standard InChI is InChI=1S/C20H37N/c1-5-8-21-18(6-7-20(2,3)4)19-16-10-14-9-15(12-16)13-17(19)11-14/h14-19,21H,5-13H2,1-4H3. The number of hydrogen-bond donors (Lipinski definition) is 1. The molecule has 0 spiro atoms. The fourth-order valence-corrected chi connectivity index (χ4v) is 5.97. The molecule has 4 aliphatic carbocycles. The number of nitrogens with one attached hydrogen (secondary N) is 1. The van der Waals surface area contributed by atoms with Gasteiger partial charge < -0.3 is 5.32 Å². The second-order valence-electron chi connectivity index (χ2n) is 9.67. The summed E-state index contributed by atoms with van der Waals surface area (Å²) in [5.41, 5.74) is 0.484. The molecule has 0 saturated heterocycles. The Bertz CT molecular complexity index is 312. The predicted molar refractivity (Wildman–Crippen MR) is 91.3 cm³/mol. The number of rotatable bonds is 6. The van der Waals surface area contributed by atoms with Gasteiger partial charge in [-0.2, -0.15) is 0 Å². The van der Waals surface area contributed by atoms with Crippen molar-refractivity contribution in [3.8, 4) is 0 Å². The van der Waals surface area contributed by atoms with Crippen LogP contribution in [0.25, 0.3) is 0 Å². The van der Waals surface area contributed by atoms with Crippen molar-refractivity contribution in [3.05, 3.63) is 0 Å². The molecule has 0 aromatic rings. The van der Waals surface area contributed by atoms with E-state index in [1.54, 1.807) is 32.1 Å². The first kappa shape index (κ1) is 15.8. The average molecular weight is 292 g/mol. The normalized spacial score (nSPS) is 39.7. The molecule has 4 rings (SSSR count). The Morgan fingerprint density at radius 1 is 0.952 bits per heavy atom. The maximum Gasteiger partial charge on any atom is 0.0101 e. The molecule has 1 nitrogen and oxygen atoms in total. The molecule has 4 bridgehead atoms. The van der Waals surface area contributed by atoms with Gasteiger partial charge in [0.25, 0.3) is 0 Å². The molecule has 4 fully saturated rings. The third kappa shape index (κ3) is 3.66.